The van der Waals surface area contributed by atoms with E-state index in [1.54, 1.807) is 29.1 Å². The summed E-state index contributed by atoms with van der Waals surface area (Å²) in [5.41, 5.74) is 1.06. The molecular weight excluding hydrogens is 446 g/mol. The van der Waals surface area contributed by atoms with Crippen molar-refractivity contribution in [2.45, 2.75) is 6.54 Å². The van der Waals surface area contributed by atoms with Gasteiger partial charge in [0, 0.05) is 17.4 Å². The van der Waals surface area contributed by atoms with Gasteiger partial charge in [0.25, 0.3) is 0 Å². The van der Waals surface area contributed by atoms with Crippen molar-refractivity contribution in [1.29, 1.82) is 0 Å². The molecule has 2 aromatic carbocycles. The summed E-state index contributed by atoms with van der Waals surface area (Å²) in [5, 5.41) is 10.4. The van der Waals surface area contributed by atoms with Crippen LogP contribution in [0.4, 0.5) is 20.3 Å². The summed E-state index contributed by atoms with van der Waals surface area (Å²) in [6, 6.07) is 10.7. The van der Waals surface area contributed by atoms with Gasteiger partial charge in [0.05, 0.1) is 16.0 Å². The first-order valence-corrected chi connectivity index (χ1v) is 8.99. The lowest BCUT2D eigenvalue weighted by Crippen LogP contribution is -2.19. The van der Waals surface area contributed by atoms with E-state index in [1.807, 2.05) is 0 Å². The van der Waals surface area contributed by atoms with Crippen molar-refractivity contribution < 1.29 is 8.78 Å². The Balaban J connectivity index is 1.68. The van der Waals surface area contributed by atoms with Crippen LogP contribution in [-0.2, 0) is 6.54 Å². The van der Waals surface area contributed by atoms with Crippen LogP contribution in [0.1, 0.15) is 5.56 Å². The lowest BCUT2D eigenvalue weighted by molar-refractivity contribution is 0.586. The van der Waals surface area contributed by atoms with Crippen LogP contribution < -0.4 is 10.6 Å². The van der Waals surface area contributed by atoms with Gasteiger partial charge in [-0.2, -0.15) is 5.10 Å². The number of anilines is 2. The highest BCUT2D eigenvalue weighted by Crippen LogP contribution is 2.23. The molecule has 3 aromatic rings. The van der Waals surface area contributed by atoms with Gasteiger partial charge in [-0.1, -0.05) is 29.8 Å². The summed E-state index contributed by atoms with van der Waals surface area (Å²) in [4.78, 5) is 0. The Morgan fingerprint density at radius 1 is 1.15 bits per heavy atom. The number of nitrogens with one attached hydrogen (secondary N) is 2. The van der Waals surface area contributed by atoms with Crippen molar-refractivity contribution >= 4 is 56.4 Å². The standard InChI is InChI=1S/C17H12BrClF2N4S/c18-12-9-25(8-10-3-1-2-4-14(10)20)24-16(12)23-17(26)22-11-5-6-15(21)13(19)7-11/h1-7,9H,8H2,(H2,22,23,24,26). The summed E-state index contributed by atoms with van der Waals surface area (Å²) in [5.74, 6) is -0.336. The second-order valence-electron chi connectivity index (χ2n) is 5.32. The highest BCUT2D eigenvalue weighted by atomic mass is 79.9. The Kier molecular flexibility index (Phi) is 5.85. The molecule has 26 heavy (non-hydrogen) atoms. The summed E-state index contributed by atoms with van der Waals surface area (Å²) in [6.45, 7) is 0.278. The van der Waals surface area contributed by atoms with E-state index in [2.05, 4.69) is 31.7 Å². The van der Waals surface area contributed by atoms with Gasteiger partial charge in [-0.05, 0) is 52.4 Å². The normalized spacial score (nSPS) is 10.6. The van der Waals surface area contributed by atoms with E-state index in [9.17, 15) is 8.78 Å². The number of aromatic nitrogens is 2. The Morgan fingerprint density at radius 3 is 2.65 bits per heavy atom. The fourth-order valence-electron chi connectivity index (χ4n) is 2.21. The van der Waals surface area contributed by atoms with E-state index in [0.29, 0.717) is 21.5 Å². The lowest BCUT2D eigenvalue weighted by Gasteiger charge is -2.09. The Bertz CT molecular complexity index is 964. The zero-order valence-corrected chi connectivity index (χ0v) is 16.3. The van der Waals surface area contributed by atoms with Crippen LogP contribution >= 0.6 is 39.7 Å². The van der Waals surface area contributed by atoms with Crippen LogP contribution in [-0.4, -0.2) is 14.9 Å². The van der Waals surface area contributed by atoms with E-state index in [4.69, 9.17) is 23.8 Å². The molecule has 0 amide bonds. The van der Waals surface area contributed by atoms with Gasteiger partial charge in [0.15, 0.2) is 10.9 Å². The largest absolute Gasteiger partial charge is 0.332 e. The average Bonchev–Trinajstić information content (AvgIpc) is 2.92. The second kappa shape index (κ2) is 8.11. The maximum absolute atomic E-state index is 13.8. The van der Waals surface area contributed by atoms with Crippen LogP contribution in [0, 0.1) is 11.6 Å². The van der Waals surface area contributed by atoms with Gasteiger partial charge in [0.2, 0.25) is 0 Å². The molecule has 0 spiro atoms. The molecule has 9 heteroatoms. The monoisotopic (exact) mass is 456 g/mol. The molecular formula is C17H12BrClF2N4S. The molecule has 134 valence electrons. The van der Waals surface area contributed by atoms with Gasteiger partial charge in [-0.3, -0.25) is 4.68 Å². The van der Waals surface area contributed by atoms with Gasteiger partial charge >= 0.3 is 0 Å². The van der Waals surface area contributed by atoms with Crippen LogP contribution in [0.5, 0.6) is 0 Å². The summed E-state index contributed by atoms with van der Waals surface area (Å²) < 4.78 is 29.2. The molecule has 0 radical (unpaired) electrons. The minimum absolute atomic E-state index is 0.00635. The SMILES string of the molecule is Fc1ccc(NC(=S)Nc2nn(Cc3ccccc3F)cc2Br)cc1Cl. The third-order valence-corrected chi connectivity index (χ3v) is 4.49. The van der Waals surface area contributed by atoms with Crippen LogP contribution in [0.25, 0.3) is 0 Å². The third kappa shape index (κ3) is 4.57. The van der Waals surface area contributed by atoms with Crippen molar-refractivity contribution in [2.24, 2.45) is 0 Å². The van der Waals surface area contributed by atoms with Crippen molar-refractivity contribution in [1.82, 2.24) is 9.78 Å². The van der Waals surface area contributed by atoms with Gasteiger partial charge in [-0.15, -0.1) is 0 Å². The number of nitrogens with zero attached hydrogens (tertiary/aromatic N) is 2. The topological polar surface area (TPSA) is 41.9 Å². The molecule has 0 aliphatic rings. The quantitative estimate of drug-likeness (QED) is 0.512. The van der Waals surface area contributed by atoms with Crippen LogP contribution in [0.3, 0.4) is 0 Å². The third-order valence-electron chi connectivity index (χ3n) is 3.42. The number of hydrogen-bond acceptors (Lipinski definition) is 2. The van der Waals surface area contributed by atoms with Crippen molar-refractivity contribution in [2.75, 3.05) is 10.6 Å². The first-order valence-electron chi connectivity index (χ1n) is 7.42. The fourth-order valence-corrected chi connectivity index (χ4v) is 3.02. The molecule has 4 nitrogen and oxygen atoms in total. The predicted octanol–water partition coefficient (Wildman–Crippen LogP) is 5.43. The summed E-state index contributed by atoms with van der Waals surface area (Å²) >= 11 is 14.4. The molecule has 0 aliphatic carbocycles. The number of rotatable bonds is 4. The molecule has 0 aliphatic heterocycles. The first kappa shape index (κ1) is 18.8. The number of benzene rings is 2. The molecule has 0 unspecified atom stereocenters. The molecule has 0 saturated heterocycles. The number of thiocarbonyl (C=S) groups is 1. The smallest absolute Gasteiger partial charge is 0.176 e. The Morgan fingerprint density at radius 2 is 1.92 bits per heavy atom. The minimum atomic E-state index is -0.509. The van der Waals surface area contributed by atoms with E-state index in [0.717, 1.165) is 0 Å². The molecule has 3 rings (SSSR count). The van der Waals surface area contributed by atoms with E-state index in [-0.39, 0.29) is 22.5 Å². The van der Waals surface area contributed by atoms with Gasteiger partial charge in [-0.25, -0.2) is 8.78 Å². The van der Waals surface area contributed by atoms with Crippen molar-refractivity contribution in [3.05, 3.63) is 75.4 Å². The number of halogens is 4. The predicted molar refractivity (Wildman–Crippen MR) is 107 cm³/mol. The molecule has 1 heterocycles. The number of hydrogen-bond donors (Lipinski definition) is 2. The van der Waals surface area contributed by atoms with Crippen LogP contribution in [0.2, 0.25) is 5.02 Å². The molecule has 0 bridgehead atoms. The van der Waals surface area contributed by atoms with Crippen molar-refractivity contribution in [3.8, 4) is 0 Å². The lowest BCUT2D eigenvalue weighted by atomic mass is 10.2. The molecule has 0 fully saturated rings. The van der Waals surface area contributed by atoms with E-state index in [1.165, 1.54) is 24.3 Å². The summed E-state index contributed by atoms with van der Waals surface area (Å²) in [7, 11) is 0. The van der Waals surface area contributed by atoms with E-state index >= 15 is 0 Å². The zero-order valence-electron chi connectivity index (χ0n) is 13.1. The average molecular weight is 458 g/mol. The molecule has 0 atom stereocenters. The molecule has 1 aromatic heterocycles. The Hall–Kier alpha value is -2.03. The van der Waals surface area contributed by atoms with E-state index < -0.39 is 5.82 Å². The summed E-state index contributed by atoms with van der Waals surface area (Å²) in [6.07, 6.45) is 1.71. The maximum Gasteiger partial charge on any atom is 0.176 e. The Labute approximate surface area is 167 Å². The van der Waals surface area contributed by atoms with Gasteiger partial charge < -0.3 is 10.6 Å². The first-order chi connectivity index (χ1) is 12.4. The second-order valence-corrected chi connectivity index (χ2v) is 6.99. The van der Waals surface area contributed by atoms with Crippen LogP contribution in [0.15, 0.2) is 53.1 Å². The molecule has 0 saturated carbocycles. The zero-order chi connectivity index (χ0) is 18.7. The van der Waals surface area contributed by atoms with Gasteiger partial charge in [0.1, 0.15) is 11.6 Å². The highest BCUT2D eigenvalue weighted by molar-refractivity contribution is 9.10. The molecule has 2 N–H and O–H groups in total. The fraction of sp³-hybridized carbons (Fsp3) is 0.0588. The van der Waals surface area contributed by atoms with Crippen molar-refractivity contribution in [3.63, 3.8) is 0 Å². The maximum atomic E-state index is 13.8. The highest BCUT2D eigenvalue weighted by Gasteiger charge is 2.11. The minimum Gasteiger partial charge on any atom is -0.332 e.